The minimum atomic E-state index is -1.10. The standard InChI is InChI=1S/C9H4ClN3O3/c10-5-2-7-6(1-4(5)3-11)12-8(14)9(15)13(7)16/h1-2,16H,(H,12,14). The van der Waals surface area contributed by atoms with Crippen LogP contribution in [0.2, 0.25) is 5.02 Å². The molecule has 7 heteroatoms. The van der Waals surface area contributed by atoms with Gasteiger partial charge in [0, 0.05) is 0 Å². The van der Waals surface area contributed by atoms with Crippen LogP contribution in [0.5, 0.6) is 0 Å². The van der Waals surface area contributed by atoms with Crippen LogP contribution in [0, 0.1) is 11.3 Å². The van der Waals surface area contributed by atoms with Gasteiger partial charge in [-0.25, -0.2) is 0 Å². The summed E-state index contributed by atoms with van der Waals surface area (Å²) in [4.78, 5) is 24.4. The van der Waals surface area contributed by atoms with E-state index in [9.17, 15) is 14.8 Å². The van der Waals surface area contributed by atoms with E-state index < -0.39 is 11.1 Å². The van der Waals surface area contributed by atoms with Gasteiger partial charge in [-0.05, 0) is 12.1 Å². The molecule has 0 aliphatic carbocycles. The number of benzene rings is 1. The minimum Gasteiger partial charge on any atom is -0.425 e. The molecular formula is C9H4ClN3O3. The second-order valence-electron chi connectivity index (χ2n) is 3.03. The summed E-state index contributed by atoms with van der Waals surface area (Å²) in [5, 5.41) is 18.2. The molecule has 0 spiro atoms. The molecule has 0 fully saturated rings. The third-order valence-electron chi connectivity index (χ3n) is 2.07. The Labute approximate surface area is 92.9 Å². The topological polar surface area (TPSA) is 98.9 Å². The first-order valence-electron chi connectivity index (χ1n) is 4.12. The Hall–Kier alpha value is -2.26. The highest BCUT2D eigenvalue weighted by Gasteiger charge is 2.09. The number of hydrogen-bond donors (Lipinski definition) is 2. The fourth-order valence-corrected chi connectivity index (χ4v) is 1.51. The predicted molar refractivity (Wildman–Crippen MR) is 55.7 cm³/mol. The van der Waals surface area contributed by atoms with Crippen molar-refractivity contribution < 1.29 is 5.21 Å². The highest BCUT2D eigenvalue weighted by Crippen LogP contribution is 2.20. The average molecular weight is 238 g/mol. The zero-order valence-corrected chi connectivity index (χ0v) is 8.45. The normalized spacial score (nSPS) is 10.2. The van der Waals surface area contributed by atoms with E-state index in [1.54, 1.807) is 0 Å². The molecule has 0 unspecified atom stereocenters. The van der Waals surface area contributed by atoms with Crippen molar-refractivity contribution >= 4 is 22.6 Å². The maximum Gasteiger partial charge on any atom is 0.348 e. The first-order valence-corrected chi connectivity index (χ1v) is 4.50. The fraction of sp³-hybridized carbons (Fsp3) is 0. The number of nitrogens with one attached hydrogen (secondary N) is 1. The van der Waals surface area contributed by atoms with Crippen molar-refractivity contribution in [2.24, 2.45) is 0 Å². The molecule has 6 nitrogen and oxygen atoms in total. The summed E-state index contributed by atoms with van der Waals surface area (Å²) in [6, 6.07) is 4.33. The van der Waals surface area contributed by atoms with Crippen LogP contribution in [-0.4, -0.2) is 14.9 Å². The van der Waals surface area contributed by atoms with Gasteiger partial charge in [0.15, 0.2) is 0 Å². The summed E-state index contributed by atoms with van der Waals surface area (Å²) >= 11 is 5.73. The van der Waals surface area contributed by atoms with Gasteiger partial charge < -0.3 is 10.2 Å². The number of aromatic amines is 1. The van der Waals surface area contributed by atoms with Crippen LogP contribution in [0.3, 0.4) is 0 Å². The molecule has 1 aromatic carbocycles. The number of nitrogens with zero attached hydrogens (tertiary/aromatic N) is 2. The summed E-state index contributed by atoms with van der Waals surface area (Å²) in [6.45, 7) is 0. The van der Waals surface area contributed by atoms with E-state index in [-0.39, 0.29) is 26.3 Å². The molecule has 0 saturated heterocycles. The Morgan fingerprint density at radius 1 is 1.44 bits per heavy atom. The second kappa shape index (κ2) is 3.40. The van der Waals surface area contributed by atoms with Crippen molar-refractivity contribution in [2.75, 3.05) is 0 Å². The molecule has 2 rings (SSSR count). The summed E-state index contributed by atoms with van der Waals surface area (Å²) in [5.41, 5.74) is -1.74. The number of rotatable bonds is 0. The van der Waals surface area contributed by atoms with Gasteiger partial charge in [0.2, 0.25) is 0 Å². The van der Waals surface area contributed by atoms with Crippen LogP contribution in [0.15, 0.2) is 21.7 Å². The number of nitriles is 1. The zero-order valence-electron chi connectivity index (χ0n) is 7.69. The molecule has 0 saturated carbocycles. The first kappa shape index (κ1) is 10.3. The van der Waals surface area contributed by atoms with E-state index in [4.69, 9.17) is 16.9 Å². The average Bonchev–Trinajstić information content (AvgIpc) is 2.27. The summed E-state index contributed by atoms with van der Waals surface area (Å²) in [6.07, 6.45) is 0. The van der Waals surface area contributed by atoms with Crippen LogP contribution in [0.25, 0.3) is 11.0 Å². The van der Waals surface area contributed by atoms with Gasteiger partial charge in [-0.3, -0.25) is 9.59 Å². The van der Waals surface area contributed by atoms with E-state index >= 15 is 0 Å². The minimum absolute atomic E-state index is 0.0357. The molecular weight excluding hydrogens is 234 g/mol. The lowest BCUT2D eigenvalue weighted by Gasteiger charge is -2.03. The second-order valence-corrected chi connectivity index (χ2v) is 3.44. The van der Waals surface area contributed by atoms with Gasteiger partial charge in [-0.2, -0.15) is 5.26 Å². The molecule has 0 bridgehead atoms. The van der Waals surface area contributed by atoms with E-state index in [1.807, 2.05) is 6.07 Å². The SMILES string of the molecule is N#Cc1cc2[nH]c(=O)c(=O)n(O)c2cc1Cl. The van der Waals surface area contributed by atoms with Gasteiger partial charge in [0.05, 0.1) is 16.1 Å². The zero-order chi connectivity index (χ0) is 11.9. The molecule has 2 aromatic rings. The van der Waals surface area contributed by atoms with Crippen LogP contribution in [0.4, 0.5) is 0 Å². The van der Waals surface area contributed by atoms with E-state index in [1.165, 1.54) is 12.1 Å². The van der Waals surface area contributed by atoms with Crippen LogP contribution >= 0.6 is 11.6 Å². The Morgan fingerprint density at radius 2 is 2.12 bits per heavy atom. The molecule has 1 aromatic heterocycles. The number of aromatic nitrogens is 2. The van der Waals surface area contributed by atoms with Crippen molar-refractivity contribution in [1.29, 1.82) is 5.26 Å². The maximum absolute atomic E-state index is 11.1. The van der Waals surface area contributed by atoms with E-state index in [2.05, 4.69) is 4.98 Å². The van der Waals surface area contributed by atoms with Gasteiger partial charge in [0.25, 0.3) is 0 Å². The molecule has 2 N–H and O–H groups in total. The summed E-state index contributed by atoms with van der Waals surface area (Å²) < 4.78 is 0.196. The molecule has 0 aliphatic heterocycles. The van der Waals surface area contributed by atoms with Gasteiger partial charge >= 0.3 is 11.1 Å². The maximum atomic E-state index is 11.1. The molecule has 0 amide bonds. The van der Waals surface area contributed by atoms with Crippen LogP contribution < -0.4 is 11.1 Å². The van der Waals surface area contributed by atoms with Crippen molar-refractivity contribution in [3.05, 3.63) is 43.4 Å². The molecule has 0 radical (unpaired) electrons. The number of fused-ring (bicyclic) bond motifs is 1. The Balaban J connectivity index is 3.05. The molecule has 0 atom stereocenters. The van der Waals surface area contributed by atoms with Gasteiger partial charge in [0.1, 0.15) is 11.6 Å². The molecule has 0 aliphatic rings. The quantitative estimate of drug-likeness (QED) is 0.513. The van der Waals surface area contributed by atoms with Crippen molar-refractivity contribution in [2.45, 2.75) is 0 Å². The number of halogens is 1. The summed E-state index contributed by atoms with van der Waals surface area (Å²) in [5.74, 6) is 0. The lowest BCUT2D eigenvalue weighted by molar-refractivity contribution is 0.186. The molecule has 1 heterocycles. The smallest absolute Gasteiger partial charge is 0.348 e. The Morgan fingerprint density at radius 3 is 2.75 bits per heavy atom. The van der Waals surface area contributed by atoms with Crippen LogP contribution in [-0.2, 0) is 0 Å². The van der Waals surface area contributed by atoms with Crippen molar-refractivity contribution in [3.63, 3.8) is 0 Å². The largest absolute Gasteiger partial charge is 0.425 e. The van der Waals surface area contributed by atoms with E-state index in [0.717, 1.165) is 0 Å². The highest BCUT2D eigenvalue weighted by molar-refractivity contribution is 6.32. The monoisotopic (exact) mass is 237 g/mol. The highest BCUT2D eigenvalue weighted by atomic mass is 35.5. The lowest BCUT2D eigenvalue weighted by Crippen LogP contribution is -2.35. The third-order valence-corrected chi connectivity index (χ3v) is 2.38. The molecule has 16 heavy (non-hydrogen) atoms. The van der Waals surface area contributed by atoms with E-state index in [0.29, 0.717) is 0 Å². The first-order chi connectivity index (χ1) is 7.54. The Bertz CT molecular complexity index is 738. The van der Waals surface area contributed by atoms with Crippen LogP contribution in [0.1, 0.15) is 5.56 Å². The van der Waals surface area contributed by atoms with Crippen molar-refractivity contribution in [3.8, 4) is 6.07 Å². The fourth-order valence-electron chi connectivity index (χ4n) is 1.31. The van der Waals surface area contributed by atoms with Gasteiger partial charge in [-0.1, -0.05) is 11.6 Å². The van der Waals surface area contributed by atoms with Gasteiger partial charge in [-0.15, -0.1) is 4.73 Å². The number of hydrogen-bond acceptors (Lipinski definition) is 4. The summed E-state index contributed by atoms with van der Waals surface area (Å²) in [7, 11) is 0. The number of H-pyrrole nitrogens is 1. The molecule has 80 valence electrons. The Kier molecular flexibility index (Phi) is 2.18. The lowest BCUT2D eigenvalue weighted by atomic mass is 10.2. The predicted octanol–water partition coefficient (Wildman–Crippen LogP) is 0.452. The third kappa shape index (κ3) is 1.34. The van der Waals surface area contributed by atoms with Crippen molar-refractivity contribution in [1.82, 2.24) is 9.71 Å².